The Labute approximate surface area is 150 Å². The van der Waals surface area contributed by atoms with E-state index in [1.165, 1.54) is 24.9 Å². The van der Waals surface area contributed by atoms with Crippen molar-refractivity contribution >= 4 is 17.8 Å². The molecule has 2 amide bonds. The summed E-state index contributed by atoms with van der Waals surface area (Å²) in [6.07, 6.45) is -0.817. The second-order valence-corrected chi connectivity index (χ2v) is 5.55. The van der Waals surface area contributed by atoms with Crippen LogP contribution in [0.25, 0.3) is 0 Å². The molecule has 0 saturated carbocycles. The molecule has 1 aliphatic rings. The van der Waals surface area contributed by atoms with Gasteiger partial charge in [0.15, 0.2) is 17.6 Å². The Balaban J connectivity index is 1.80. The van der Waals surface area contributed by atoms with Crippen molar-refractivity contribution in [1.29, 1.82) is 5.26 Å². The molecule has 1 aromatic carbocycles. The highest BCUT2D eigenvalue weighted by molar-refractivity contribution is 5.96. The van der Waals surface area contributed by atoms with E-state index in [0.29, 0.717) is 17.1 Å². The highest BCUT2D eigenvalue weighted by Gasteiger charge is 2.22. The van der Waals surface area contributed by atoms with E-state index in [0.717, 1.165) is 0 Å². The quantitative estimate of drug-likeness (QED) is 0.701. The first-order valence-electron chi connectivity index (χ1n) is 7.91. The SMILES string of the molecule is C[C@H](OC(=O)CNC(=O)c1ccc2c(c1)OCO2)C(=O)N(C)CCC#N. The fourth-order valence-electron chi connectivity index (χ4n) is 2.22. The maximum Gasteiger partial charge on any atom is 0.326 e. The van der Waals surface area contributed by atoms with E-state index in [1.54, 1.807) is 12.1 Å². The van der Waals surface area contributed by atoms with Crippen molar-refractivity contribution < 1.29 is 28.6 Å². The van der Waals surface area contributed by atoms with Gasteiger partial charge < -0.3 is 24.4 Å². The number of amides is 2. The zero-order chi connectivity index (χ0) is 19.1. The summed E-state index contributed by atoms with van der Waals surface area (Å²) in [4.78, 5) is 37.2. The molecule has 0 unspecified atom stereocenters. The van der Waals surface area contributed by atoms with Crippen LogP contribution in [-0.2, 0) is 14.3 Å². The molecule has 0 saturated heterocycles. The molecule has 0 aromatic heterocycles. The van der Waals surface area contributed by atoms with Gasteiger partial charge in [-0.3, -0.25) is 14.4 Å². The van der Waals surface area contributed by atoms with E-state index >= 15 is 0 Å². The van der Waals surface area contributed by atoms with Gasteiger partial charge in [0.25, 0.3) is 11.8 Å². The monoisotopic (exact) mass is 361 g/mol. The molecule has 9 heteroatoms. The zero-order valence-corrected chi connectivity index (χ0v) is 14.5. The number of nitriles is 1. The van der Waals surface area contributed by atoms with E-state index in [9.17, 15) is 14.4 Å². The van der Waals surface area contributed by atoms with Crippen LogP contribution in [0, 0.1) is 11.3 Å². The van der Waals surface area contributed by atoms with E-state index < -0.39 is 23.9 Å². The molecule has 1 N–H and O–H groups in total. The molecule has 9 nitrogen and oxygen atoms in total. The molecular formula is C17H19N3O6. The molecule has 2 rings (SSSR count). The summed E-state index contributed by atoms with van der Waals surface area (Å²) >= 11 is 0. The molecule has 26 heavy (non-hydrogen) atoms. The van der Waals surface area contributed by atoms with Gasteiger partial charge in [-0.05, 0) is 25.1 Å². The van der Waals surface area contributed by atoms with Gasteiger partial charge in [0.05, 0.1) is 12.5 Å². The summed E-state index contributed by atoms with van der Waals surface area (Å²) in [6, 6.07) is 6.59. The highest BCUT2D eigenvalue weighted by atomic mass is 16.7. The zero-order valence-electron chi connectivity index (χ0n) is 14.5. The van der Waals surface area contributed by atoms with Gasteiger partial charge in [-0.25, -0.2) is 0 Å². The minimum Gasteiger partial charge on any atom is -0.454 e. The molecule has 0 bridgehead atoms. The normalized spacial score (nSPS) is 12.7. The first-order chi connectivity index (χ1) is 12.4. The molecule has 0 fully saturated rings. The van der Waals surface area contributed by atoms with E-state index in [-0.39, 0.29) is 26.3 Å². The lowest BCUT2D eigenvalue weighted by molar-refractivity contribution is -0.157. The number of carbonyl (C=O) groups is 3. The Bertz CT molecular complexity index is 743. The third-order valence-corrected chi connectivity index (χ3v) is 3.62. The van der Waals surface area contributed by atoms with Crippen LogP contribution in [0.15, 0.2) is 18.2 Å². The van der Waals surface area contributed by atoms with Gasteiger partial charge in [-0.1, -0.05) is 0 Å². The van der Waals surface area contributed by atoms with E-state index in [2.05, 4.69) is 5.32 Å². The van der Waals surface area contributed by atoms with Crippen molar-refractivity contribution in [2.45, 2.75) is 19.4 Å². The number of likely N-dealkylation sites (N-methyl/N-ethyl adjacent to an activating group) is 1. The van der Waals surface area contributed by atoms with Gasteiger partial charge in [0, 0.05) is 19.2 Å². The van der Waals surface area contributed by atoms with Crippen molar-refractivity contribution in [2.24, 2.45) is 0 Å². The Morgan fingerprint density at radius 3 is 2.81 bits per heavy atom. The van der Waals surface area contributed by atoms with Crippen LogP contribution >= 0.6 is 0 Å². The second-order valence-electron chi connectivity index (χ2n) is 5.55. The summed E-state index contributed by atoms with van der Waals surface area (Å²) in [5, 5.41) is 10.9. The topological polar surface area (TPSA) is 118 Å². The van der Waals surface area contributed by atoms with Gasteiger partial charge >= 0.3 is 5.97 Å². The minimum atomic E-state index is -1.01. The average Bonchev–Trinajstić information content (AvgIpc) is 3.11. The summed E-state index contributed by atoms with van der Waals surface area (Å²) < 4.78 is 15.3. The summed E-state index contributed by atoms with van der Waals surface area (Å²) in [5.74, 6) is -0.636. The number of fused-ring (bicyclic) bond motifs is 1. The molecule has 138 valence electrons. The summed E-state index contributed by atoms with van der Waals surface area (Å²) in [7, 11) is 1.52. The van der Waals surface area contributed by atoms with Crippen molar-refractivity contribution in [2.75, 3.05) is 26.9 Å². The van der Waals surface area contributed by atoms with Crippen LogP contribution in [0.1, 0.15) is 23.7 Å². The van der Waals surface area contributed by atoms with Gasteiger partial charge in [0.2, 0.25) is 6.79 Å². The number of nitrogens with one attached hydrogen (secondary N) is 1. The maximum atomic E-state index is 12.1. The number of benzene rings is 1. The van der Waals surface area contributed by atoms with Crippen LogP contribution in [0.5, 0.6) is 11.5 Å². The molecule has 1 atom stereocenters. The van der Waals surface area contributed by atoms with Crippen molar-refractivity contribution in [3.8, 4) is 17.6 Å². The first kappa shape index (κ1) is 19.1. The highest BCUT2D eigenvalue weighted by Crippen LogP contribution is 2.32. The second kappa shape index (κ2) is 8.71. The van der Waals surface area contributed by atoms with Crippen LogP contribution in [0.3, 0.4) is 0 Å². The molecular weight excluding hydrogens is 342 g/mol. The number of esters is 1. The van der Waals surface area contributed by atoms with Crippen LogP contribution in [-0.4, -0.2) is 55.7 Å². The molecule has 0 spiro atoms. The fraction of sp³-hybridized carbons (Fsp3) is 0.412. The summed E-state index contributed by atoms with van der Waals surface area (Å²) in [6.45, 7) is 1.40. The lowest BCUT2D eigenvalue weighted by Gasteiger charge is -2.20. The maximum absolute atomic E-state index is 12.1. The van der Waals surface area contributed by atoms with E-state index in [1.807, 2.05) is 6.07 Å². The number of rotatable bonds is 7. The molecule has 1 aromatic rings. The fourth-order valence-corrected chi connectivity index (χ4v) is 2.22. The van der Waals surface area contributed by atoms with Gasteiger partial charge in [-0.2, -0.15) is 5.26 Å². The molecule has 0 aliphatic carbocycles. The largest absolute Gasteiger partial charge is 0.454 e. The van der Waals surface area contributed by atoms with E-state index in [4.69, 9.17) is 19.5 Å². The average molecular weight is 361 g/mol. The number of hydrogen-bond donors (Lipinski definition) is 1. The predicted octanol–water partition coefficient (Wildman–Crippen LogP) is 0.449. The molecule has 0 radical (unpaired) electrons. The van der Waals surface area contributed by atoms with Gasteiger partial charge in [-0.15, -0.1) is 0 Å². The first-order valence-corrected chi connectivity index (χ1v) is 7.91. The third kappa shape index (κ3) is 4.86. The van der Waals surface area contributed by atoms with Crippen LogP contribution in [0.4, 0.5) is 0 Å². The standard InChI is InChI=1S/C17H19N3O6/c1-11(17(23)20(2)7-3-6-18)26-15(21)9-19-16(22)12-4-5-13-14(8-12)25-10-24-13/h4-5,8,11H,3,7,9-10H2,1-2H3,(H,19,22)/t11-/m0/s1. The number of hydrogen-bond acceptors (Lipinski definition) is 7. The number of nitrogens with zero attached hydrogens (tertiary/aromatic N) is 2. The van der Waals surface area contributed by atoms with Gasteiger partial charge in [0.1, 0.15) is 6.54 Å². The Hall–Kier alpha value is -3.28. The summed E-state index contributed by atoms with van der Waals surface area (Å²) in [5.41, 5.74) is 0.308. The predicted molar refractivity (Wildman–Crippen MR) is 88.3 cm³/mol. The minimum absolute atomic E-state index is 0.0987. The Morgan fingerprint density at radius 1 is 1.35 bits per heavy atom. The lowest BCUT2D eigenvalue weighted by Crippen LogP contribution is -2.40. The molecule has 1 heterocycles. The Morgan fingerprint density at radius 2 is 2.08 bits per heavy atom. The molecule has 1 aliphatic heterocycles. The van der Waals surface area contributed by atoms with Crippen molar-refractivity contribution in [3.63, 3.8) is 0 Å². The van der Waals surface area contributed by atoms with Crippen molar-refractivity contribution in [3.05, 3.63) is 23.8 Å². The lowest BCUT2D eigenvalue weighted by atomic mass is 10.2. The van der Waals surface area contributed by atoms with Crippen LogP contribution in [0.2, 0.25) is 0 Å². The Kier molecular flexibility index (Phi) is 6.38. The number of ether oxygens (including phenoxy) is 3. The smallest absolute Gasteiger partial charge is 0.326 e. The number of carbonyl (C=O) groups excluding carboxylic acids is 3. The van der Waals surface area contributed by atoms with Crippen molar-refractivity contribution in [1.82, 2.24) is 10.2 Å². The third-order valence-electron chi connectivity index (χ3n) is 3.62. The van der Waals surface area contributed by atoms with Crippen LogP contribution < -0.4 is 14.8 Å².